The maximum absolute atomic E-state index is 12.9. The molecule has 0 aliphatic heterocycles. The van der Waals surface area contributed by atoms with E-state index < -0.39 is 18.3 Å². The van der Waals surface area contributed by atoms with Gasteiger partial charge in [0, 0.05) is 0 Å². The van der Waals surface area contributed by atoms with Crippen LogP contribution in [-0.2, 0) is 0 Å². The molecule has 0 saturated carbocycles. The van der Waals surface area contributed by atoms with E-state index >= 15 is 0 Å². The summed E-state index contributed by atoms with van der Waals surface area (Å²) in [6.45, 7) is 1.21. The third kappa shape index (κ3) is 2.48. The highest BCUT2D eigenvalue weighted by molar-refractivity contribution is 5.39. The first-order valence-electron chi connectivity index (χ1n) is 3.83. The van der Waals surface area contributed by atoms with Gasteiger partial charge in [0.25, 0.3) is 6.43 Å². The molecular weight excluding hydrogens is 197 g/mol. The second-order valence-corrected chi connectivity index (χ2v) is 2.69. The van der Waals surface area contributed by atoms with Crippen molar-refractivity contribution in [2.45, 2.75) is 19.4 Å². The number of nitrogen functional groups attached to an aromatic ring is 1. The molecule has 1 unspecified atom stereocenters. The fraction of sp³-hybridized carbons (Fsp3) is 0.429. The Bertz CT molecular complexity index is 318. The average molecular weight is 206 g/mol. The van der Waals surface area contributed by atoms with Crippen molar-refractivity contribution in [3.05, 3.63) is 12.0 Å². The van der Waals surface area contributed by atoms with Gasteiger partial charge in [0.05, 0.1) is 12.2 Å². The molecule has 3 N–H and O–H groups in total. The van der Waals surface area contributed by atoms with Crippen molar-refractivity contribution in [3.63, 3.8) is 0 Å². The fourth-order valence-electron chi connectivity index (χ4n) is 0.761. The standard InChI is InChI=1S/C7H9F3N4/c1-3(5(9)10)13-6-4(8)2-12-7(11)14-6/h2-3,5H,1H3,(H3,11,12,13,14). The van der Waals surface area contributed by atoms with Crippen LogP contribution >= 0.6 is 0 Å². The lowest BCUT2D eigenvalue weighted by molar-refractivity contribution is 0.130. The highest BCUT2D eigenvalue weighted by Gasteiger charge is 2.16. The molecule has 0 aliphatic carbocycles. The van der Waals surface area contributed by atoms with Crippen LogP contribution in [0.15, 0.2) is 6.20 Å². The van der Waals surface area contributed by atoms with Gasteiger partial charge in [-0.05, 0) is 6.92 Å². The SMILES string of the molecule is CC(Nc1nc(N)ncc1F)C(F)F. The van der Waals surface area contributed by atoms with E-state index in [1.165, 1.54) is 6.92 Å². The Kier molecular flexibility index (Phi) is 3.10. The van der Waals surface area contributed by atoms with Gasteiger partial charge in [0.1, 0.15) is 0 Å². The second kappa shape index (κ2) is 4.12. The minimum absolute atomic E-state index is 0.171. The van der Waals surface area contributed by atoms with E-state index in [-0.39, 0.29) is 11.8 Å². The maximum atomic E-state index is 12.9. The summed E-state index contributed by atoms with van der Waals surface area (Å²) in [5.74, 6) is -1.30. The number of nitrogens with two attached hydrogens (primary N) is 1. The molecular formula is C7H9F3N4. The van der Waals surface area contributed by atoms with Crippen molar-refractivity contribution in [2.24, 2.45) is 0 Å². The summed E-state index contributed by atoms with van der Waals surface area (Å²) >= 11 is 0. The zero-order valence-electron chi connectivity index (χ0n) is 7.34. The van der Waals surface area contributed by atoms with Crippen molar-refractivity contribution < 1.29 is 13.2 Å². The van der Waals surface area contributed by atoms with E-state index in [1.807, 2.05) is 0 Å². The summed E-state index contributed by atoms with van der Waals surface area (Å²) in [6, 6.07) is -1.20. The van der Waals surface area contributed by atoms with E-state index in [0.717, 1.165) is 6.20 Å². The zero-order valence-corrected chi connectivity index (χ0v) is 7.34. The molecule has 1 heterocycles. The number of nitrogens with zero attached hydrogens (tertiary/aromatic N) is 2. The molecule has 0 amide bonds. The van der Waals surface area contributed by atoms with Crippen molar-refractivity contribution in [3.8, 4) is 0 Å². The van der Waals surface area contributed by atoms with Crippen LogP contribution in [0.1, 0.15) is 6.92 Å². The predicted octanol–water partition coefficient (Wildman–Crippen LogP) is 1.26. The molecule has 4 nitrogen and oxygen atoms in total. The van der Waals surface area contributed by atoms with E-state index in [2.05, 4.69) is 15.3 Å². The van der Waals surface area contributed by atoms with E-state index in [1.54, 1.807) is 0 Å². The number of anilines is 2. The normalized spacial score (nSPS) is 12.9. The minimum atomic E-state index is -2.61. The van der Waals surface area contributed by atoms with E-state index in [9.17, 15) is 13.2 Å². The van der Waals surface area contributed by atoms with Gasteiger partial charge in [-0.3, -0.25) is 0 Å². The number of halogens is 3. The monoisotopic (exact) mass is 206 g/mol. The van der Waals surface area contributed by atoms with Crippen LogP contribution in [0.5, 0.6) is 0 Å². The Hall–Kier alpha value is -1.53. The molecule has 1 aromatic heterocycles. The van der Waals surface area contributed by atoms with Crippen molar-refractivity contribution in [1.82, 2.24) is 9.97 Å². The van der Waals surface area contributed by atoms with Crippen molar-refractivity contribution in [2.75, 3.05) is 11.1 Å². The van der Waals surface area contributed by atoms with Crippen LogP contribution in [-0.4, -0.2) is 22.4 Å². The number of rotatable bonds is 3. The van der Waals surface area contributed by atoms with Gasteiger partial charge in [-0.15, -0.1) is 0 Å². The predicted molar refractivity (Wildman–Crippen MR) is 45.5 cm³/mol. The van der Waals surface area contributed by atoms with Crippen LogP contribution in [0.25, 0.3) is 0 Å². The highest BCUT2D eigenvalue weighted by atomic mass is 19.3. The average Bonchev–Trinajstić information content (AvgIpc) is 2.11. The molecule has 0 spiro atoms. The number of alkyl halides is 2. The van der Waals surface area contributed by atoms with Gasteiger partial charge >= 0.3 is 0 Å². The van der Waals surface area contributed by atoms with E-state index in [4.69, 9.17) is 5.73 Å². The topological polar surface area (TPSA) is 63.8 Å². The Morgan fingerprint density at radius 2 is 2.14 bits per heavy atom. The summed E-state index contributed by atoms with van der Waals surface area (Å²) in [7, 11) is 0. The van der Waals surface area contributed by atoms with Crippen LogP contribution < -0.4 is 11.1 Å². The van der Waals surface area contributed by atoms with Gasteiger partial charge in [0.15, 0.2) is 11.6 Å². The molecule has 0 aliphatic rings. The highest BCUT2D eigenvalue weighted by Crippen LogP contribution is 2.13. The quantitative estimate of drug-likeness (QED) is 0.781. The third-order valence-corrected chi connectivity index (χ3v) is 1.51. The van der Waals surface area contributed by atoms with Crippen LogP contribution in [0, 0.1) is 5.82 Å². The molecule has 0 fully saturated rings. The molecule has 78 valence electrons. The molecule has 0 bridgehead atoms. The lowest BCUT2D eigenvalue weighted by Crippen LogP contribution is -2.25. The zero-order chi connectivity index (χ0) is 10.7. The van der Waals surface area contributed by atoms with Crippen LogP contribution in [0.3, 0.4) is 0 Å². The van der Waals surface area contributed by atoms with Gasteiger partial charge in [-0.2, -0.15) is 4.98 Å². The number of hydrogen-bond acceptors (Lipinski definition) is 4. The fourth-order valence-corrected chi connectivity index (χ4v) is 0.761. The van der Waals surface area contributed by atoms with E-state index in [0.29, 0.717) is 0 Å². The largest absolute Gasteiger partial charge is 0.368 e. The Labute approximate surface area is 78.4 Å². The smallest absolute Gasteiger partial charge is 0.258 e. The summed E-state index contributed by atoms with van der Waals surface area (Å²) in [4.78, 5) is 6.80. The van der Waals surface area contributed by atoms with Gasteiger partial charge in [-0.1, -0.05) is 0 Å². The first-order chi connectivity index (χ1) is 6.50. The van der Waals surface area contributed by atoms with Crippen LogP contribution in [0.4, 0.5) is 24.9 Å². The summed E-state index contributed by atoms with van der Waals surface area (Å²) in [5.41, 5.74) is 5.16. The molecule has 0 saturated heterocycles. The molecule has 0 aromatic carbocycles. The molecule has 1 atom stereocenters. The summed E-state index contributed by atoms with van der Waals surface area (Å²) in [5, 5.41) is 2.19. The molecule has 1 aromatic rings. The minimum Gasteiger partial charge on any atom is -0.368 e. The Balaban J connectivity index is 2.80. The summed E-state index contributed by atoms with van der Waals surface area (Å²) < 4.78 is 37.1. The Morgan fingerprint density at radius 1 is 1.50 bits per heavy atom. The molecule has 1 rings (SSSR count). The van der Waals surface area contributed by atoms with Crippen molar-refractivity contribution >= 4 is 11.8 Å². The lowest BCUT2D eigenvalue weighted by atomic mass is 10.3. The van der Waals surface area contributed by atoms with Crippen LogP contribution in [0.2, 0.25) is 0 Å². The molecule has 7 heteroatoms. The number of hydrogen-bond donors (Lipinski definition) is 2. The third-order valence-electron chi connectivity index (χ3n) is 1.51. The lowest BCUT2D eigenvalue weighted by Gasteiger charge is -2.13. The summed E-state index contributed by atoms with van der Waals surface area (Å²) in [6.07, 6.45) is -1.78. The first kappa shape index (κ1) is 10.6. The van der Waals surface area contributed by atoms with Crippen molar-refractivity contribution in [1.29, 1.82) is 0 Å². The number of nitrogens with one attached hydrogen (secondary N) is 1. The van der Waals surface area contributed by atoms with Gasteiger partial charge < -0.3 is 11.1 Å². The van der Waals surface area contributed by atoms with Gasteiger partial charge in [-0.25, -0.2) is 18.2 Å². The maximum Gasteiger partial charge on any atom is 0.258 e. The second-order valence-electron chi connectivity index (χ2n) is 2.69. The first-order valence-corrected chi connectivity index (χ1v) is 3.83. The Morgan fingerprint density at radius 3 is 2.71 bits per heavy atom. The molecule has 0 radical (unpaired) electrons. The van der Waals surface area contributed by atoms with Gasteiger partial charge in [0.2, 0.25) is 5.95 Å². The molecule has 14 heavy (non-hydrogen) atoms. The number of aromatic nitrogens is 2.